The van der Waals surface area contributed by atoms with Crippen LogP contribution in [0, 0.1) is 6.92 Å². The van der Waals surface area contributed by atoms with Gasteiger partial charge in [-0.05, 0) is 31.4 Å². The van der Waals surface area contributed by atoms with Crippen molar-refractivity contribution in [2.45, 2.75) is 33.2 Å². The Morgan fingerprint density at radius 2 is 1.96 bits per heavy atom. The quantitative estimate of drug-likeness (QED) is 0.784. The minimum atomic E-state index is -0.0299. The Labute approximate surface area is 144 Å². The highest BCUT2D eigenvalue weighted by Crippen LogP contribution is 2.13. The molecule has 24 heavy (non-hydrogen) atoms. The fourth-order valence-electron chi connectivity index (χ4n) is 2.81. The molecule has 1 aromatic rings. The topological polar surface area (TPSA) is 61.4 Å². The van der Waals surface area contributed by atoms with E-state index in [4.69, 9.17) is 0 Å². The Bertz CT molecular complexity index is 608. The van der Waals surface area contributed by atoms with Crippen LogP contribution < -0.4 is 10.6 Å². The molecule has 130 valence electrons. The second-order valence-electron chi connectivity index (χ2n) is 6.47. The molecule has 5 nitrogen and oxygen atoms in total. The van der Waals surface area contributed by atoms with Crippen LogP contribution in [0.5, 0.6) is 0 Å². The summed E-state index contributed by atoms with van der Waals surface area (Å²) in [5, 5.41) is 5.87. The Kier molecular flexibility index (Phi) is 6.55. The average Bonchev–Trinajstić information content (AvgIpc) is 2.53. The molecule has 0 spiro atoms. The van der Waals surface area contributed by atoms with E-state index in [9.17, 15) is 9.59 Å². The molecule has 0 radical (unpaired) electrons. The van der Waals surface area contributed by atoms with Gasteiger partial charge < -0.3 is 10.6 Å². The zero-order valence-corrected chi connectivity index (χ0v) is 14.8. The van der Waals surface area contributed by atoms with Gasteiger partial charge in [0.15, 0.2) is 0 Å². The molecule has 0 aromatic heterocycles. The van der Waals surface area contributed by atoms with Gasteiger partial charge in [0.2, 0.25) is 11.8 Å². The molecule has 2 amide bonds. The molecule has 1 aromatic carbocycles. The Hall–Kier alpha value is -2.14. The van der Waals surface area contributed by atoms with Crippen molar-refractivity contribution in [1.29, 1.82) is 0 Å². The highest BCUT2D eigenvalue weighted by Gasteiger charge is 2.17. The van der Waals surface area contributed by atoms with Crippen LogP contribution in [0.2, 0.25) is 0 Å². The van der Waals surface area contributed by atoms with Gasteiger partial charge in [-0.3, -0.25) is 14.5 Å². The molecule has 1 heterocycles. The number of benzene rings is 1. The highest BCUT2D eigenvalue weighted by molar-refractivity contribution is 5.78. The molecule has 2 rings (SSSR count). The molecule has 1 aliphatic heterocycles. The summed E-state index contributed by atoms with van der Waals surface area (Å²) in [5.74, 6) is 0.00143. The molecule has 0 fully saturated rings. The summed E-state index contributed by atoms with van der Waals surface area (Å²) >= 11 is 0. The molecule has 0 unspecified atom stereocenters. The van der Waals surface area contributed by atoms with Gasteiger partial charge in [0.1, 0.15) is 0 Å². The number of hydrogen-bond donors (Lipinski definition) is 2. The number of rotatable bonds is 6. The maximum Gasteiger partial charge on any atom is 0.234 e. The number of hydrogen-bond acceptors (Lipinski definition) is 3. The summed E-state index contributed by atoms with van der Waals surface area (Å²) < 4.78 is 0. The standard InChI is InChI=1S/C19H27N3O2/c1-14-6-8-18(9-7-14)15(2)21-19(24)13-22-10-4-5-17(12-22)11-20-16(3)23/h5-9,15H,4,10-13H2,1-3H3,(H,20,23)(H,21,24)/t15-/m0/s1. The summed E-state index contributed by atoms with van der Waals surface area (Å²) in [7, 11) is 0. The molecule has 1 aliphatic rings. The number of carbonyl (C=O) groups excluding carboxylic acids is 2. The van der Waals surface area contributed by atoms with E-state index in [-0.39, 0.29) is 17.9 Å². The van der Waals surface area contributed by atoms with Crippen molar-refractivity contribution in [3.05, 3.63) is 47.0 Å². The first-order valence-corrected chi connectivity index (χ1v) is 8.44. The first-order valence-electron chi connectivity index (χ1n) is 8.44. The van der Waals surface area contributed by atoms with Crippen LogP contribution in [0.15, 0.2) is 35.9 Å². The molecule has 0 aliphatic carbocycles. The highest BCUT2D eigenvalue weighted by atomic mass is 16.2. The van der Waals surface area contributed by atoms with Crippen molar-refractivity contribution in [3.63, 3.8) is 0 Å². The predicted octanol–water partition coefficient (Wildman–Crippen LogP) is 1.94. The summed E-state index contributed by atoms with van der Waals surface area (Å²) in [5.41, 5.74) is 3.48. The van der Waals surface area contributed by atoms with Crippen molar-refractivity contribution in [2.24, 2.45) is 0 Å². The van der Waals surface area contributed by atoms with Crippen molar-refractivity contribution in [2.75, 3.05) is 26.2 Å². The maximum absolute atomic E-state index is 12.3. The summed E-state index contributed by atoms with van der Waals surface area (Å²) in [4.78, 5) is 25.4. The van der Waals surface area contributed by atoms with Crippen molar-refractivity contribution < 1.29 is 9.59 Å². The Morgan fingerprint density at radius 3 is 2.62 bits per heavy atom. The van der Waals surface area contributed by atoms with Crippen molar-refractivity contribution in [1.82, 2.24) is 15.5 Å². The molecule has 1 atom stereocenters. The minimum absolute atomic E-state index is 0.00252. The molecular formula is C19H27N3O2. The van der Waals surface area contributed by atoms with E-state index in [0.717, 1.165) is 30.6 Å². The van der Waals surface area contributed by atoms with E-state index in [1.54, 1.807) is 0 Å². The van der Waals surface area contributed by atoms with Crippen LogP contribution in [-0.4, -0.2) is 42.9 Å². The smallest absolute Gasteiger partial charge is 0.234 e. The molecule has 5 heteroatoms. The van der Waals surface area contributed by atoms with E-state index in [1.807, 2.05) is 6.92 Å². The fourth-order valence-corrected chi connectivity index (χ4v) is 2.81. The summed E-state index contributed by atoms with van der Waals surface area (Å²) in [6.45, 7) is 8.11. The SMILES string of the molecule is CC(=O)NCC1=CCCN(CC(=O)N[C@@H](C)c2ccc(C)cc2)C1. The van der Waals surface area contributed by atoms with E-state index < -0.39 is 0 Å². The molecule has 2 N–H and O–H groups in total. The molecule has 0 bridgehead atoms. The van der Waals surface area contributed by atoms with Crippen molar-refractivity contribution >= 4 is 11.8 Å². The second-order valence-corrected chi connectivity index (χ2v) is 6.47. The van der Waals surface area contributed by atoms with Crippen LogP contribution in [0.3, 0.4) is 0 Å². The predicted molar refractivity (Wildman–Crippen MR) is 95.6 cm³/mol. The lowest BCUT2D eigenvalue weighted by Crippen LogP contribution is -2.41. The third-order valence-corrected chi connectivity index (χ3v) is 4.19. The maximum atomic E-state index is 12.3. The van der Waals surface area contributed by atoms with Gasteiger partial charge in [-0.2, -0.15) is 0 Å². The van der Waals surface area contributed by atoms with E-state index in [2.05, 4.69) is 52.8 Å². The number of carbonyl (C=O) groups is 2. The van der Waals surface area contributed by atoms with Crippen molar-refractivity contribution in [3.8, 4) is 0 Å². The van der Waals surface area contributed by atoms with Crippen LogP contribution in [0.4, 0.5) is 0 Å². The van der Waals surface area contributed by atoms with Gasteiger partial charge in [-0.1, -0.05) is 35.9 Å². The van der Waals surface area contributed by atoms with Gasteiger partial charge in [0, 0.05) is 26.6 Å². The Balaban J connectivity index is 1.80. The van der Waals surface area contributed by atoms with Crippen LogP contribution >= 0.6 is 0 Å². The van der Waals surface area contributed by atoms with Gasteiger partial charge in [0.05, 0.1) is 12.6 Å². The molecule has 0 saturated carbocycles. The first kappa shape index (κ1) is 18.2. The zero-order chi connectivity index (χ0) is 17.5. The van der Waals surface area contributed by atoms with E-state index >= 15 is 0 Å². The van der Waals surface area contributed by atoms with Gasteiger partial charge >= 0.3 is 0 Å². The molecular weight excluding hydrogens is 302 g/mol. The minimum Gasteiger partial charge on any atom is -0.353 e. The Morgan fingerprint density at radius 1 is 1.25 bits per heavy atom. The van der Waals surface area contributed by atoms with E-state index in [0.29, 0.717) is 13.1 Å². The third-order valence-electron chi connectivity index (χ3n) is 4.19. The summed E-state index contributed by atoms with van der Waals surface area (Å²) in [6, 6.07) is 8.21. The first-order chi connectivity index (χ1) is 11.4. The van der Waals surface area contributed by atoms with Crippen LogP contribution in [0.25, 0.3) is 0 Å². The van der Waals surface area contributed by atoms with Gasteiger partial charge in [0.25, 0.3) is 0 Å². The van der Waals surface area contributed by atoms with Gasteiger partial charge in [-0.15, -0.1) is 0 Å². The third kappa shape index (κ3) is 5.81. The van der Waals surface area contributed by atoms with Crippen LogP contribution in [-0.2, 0) is 9.59 Å². The lowest BCUT2D eigenvalue weighted by molar-refractivity contribution is -0.123. The second kappa shape index (κ2) is 8.64. The van der Waals surface area contributed by atoms with E-state index in [1.165, 1.54) is 12.5 Å². The largest absolute Gasteiger partial charge is 0.353 e. The van der Waals surface area contributed by atoms with Gasteiger partial charge in [-0.25, -0.2) is 0 Å². The number of nitrogens with zero attached hydrogens (tertiary/aromatic N) is 1. The lowest BCUT2D eigenvalue weighted by Gasteiger charge is -2.27. The summed E-state index contributed by atoms with van der Waals surface area (Å²) in [6.07, 6.45) is 3.06. The monoisotopic (exact) mass is 329 g/mol. The molecule has 0 saturated heterocycles. The number of nitrogens with one attached hydrogen (secondary N) is 2. The number of amides is 2. The normalized spacial score (nSPS) is 16.2. The number of aryl methyl sites for hydroxylation is 1. The lowest BCUT2D eigenvalue weighted by atomic mass is 10.1. The zero-order valence-electron chi connectivity index (χ0n) is 14.8. The van der Waals surface area contributed by atoms with Crippen LogP contribution in [0.1, 0.15) is 37.4 Å². The average molecular weight is 329 g/mol. The fraction of sp³-hybridized carbons (Fsp3) is 0.474.